The minimum Gasteiger partial charge on any atom is -0.497 e. The Labute approximate surface area is 159 Å². The largest absolute Gasteiger partial charge is 0.497 e. The highest BCUT2D eigenvalue weighted by molar-refractivity contribution is 7.18. The molecule has 0 radical (unpaired) electrons. The molecule has 3 aromatic rings. The lowest BCUT2D eigenvalue weighted by atomic mass is 10.2. The van der Waals surface area contributed by atoms with Gasteiger partial charge in [-0.15, -0.1) is 10.2 Å². The van der Waals surface area contributed by atoms with Crippen molar-refractivity contribution in [1.29, 1.82) is 0 Å². The summed E-state index contributed by atoms with van der Waals surface area (Å²) in [5.74, 6) is 0.893. The van der Waals surface area contributed by atoms with Gasteiger partial charge in [0.25, 0.3) is 5.91 Å². The number of hydrogen-bond donors (Lipinski definition) is 1. The molecule has 1 heterocycles. The van der Waals surface area contributed by atoms with E-state index < -0.39 is 6.10 Å². The zero-order valence-electron chi connectivity index (χ0n) is 14.1. The number of halogens is 1. The van der Waals surface area contributed by atoms with Crippen molar-refractivity contribution in [1.82, 2.24) is 10.2 Å². The van der Waals surface area contributed by atoms with Gasteiger partial charge >= 0.3 is 0 Å². The first-order valence-corrected chi connectivity index (χ1v) is 8.95. The van der Waals surface area contributed by atoms with E-state index in [4.69, 9.17) is 21.1 Å². The number of nitrogens with one attached hydrogen (secondary N) is 1. The summed E-state index contributed by atoms with van der Waals surface area (Å²) in [4.78, 5) is 12.3. The van der Waals surface area contributed by atoms with E-state index in [0.29, 0.717) is 26.7 Å². The third-order valence-corrected chi connectivity index (χ3v) is 4.61. The average Bonchev–Trinajstić information content (AvgIpc) is 3.11. The van der Waals surface area contributed by atoms with Gasteiger partial charge in [0.2, 0.25) is 5.13 Å². The first kappa shape index (κ1) is 18.2. The minimum atomic E-state index is -0.704. The second kappa shape index (κ2) is 8.16. The molecule has 8 heteroatoms. The Bertz CT molecular complexity index is 899. The van der Waals surface area contributed by atoms with Crippen molar-refractivity contribution in [2.45, 2.75) is 13.0 Å². The van der Waals surface area contributed by atoms with Gasteiger partial charge in [0.15, 0.2) is 6.10 Å². The summed E-state index contributed by atoms with van der Waals surface area (Å²) in [5, 5.41) is 12.5. The van der Waals surface area contributed by atoms with E-state index in [1.165, 1.54) is 11.3 Å². The topological polar surface area (TPSA) is 73.3 Å². The molecule has 1 aromatic heterocycles. The molecule has 1 amide bonds. The number of nitrogens with zero attached hydrogens (tertiary/aromatic N) is 2. The van der Waals surface area contributed by atoms with Crippen molar-refractivity contribution < 1.29 is 14.3 Å². The fourth-order valence-corrected chi connectivity index (χ4v) is 3.00. The highest BCUT2D eigenvalue weighted by Crippen LogP contribution is 2.27. The van der Waals surface area contributed by atoms with Crippen molar-refractivity contribution in [2.24, 2.45) is 0 Å². The molecule has 0 aliphatic heterocycles. The molecule has 3 rings (SSSR count). The first-order valence-electron chi connectivity index (χ1n) is 7.76. The summed E-state index contributed by atoms with van der Waals surface area (Å²) in [6.45, 7) is 1.66. The van der Waals surface area contributed by atoms with Crippen LogP contribution < -0.4 is 14.8 Å². The maximum absolute atomic E-state index is 12.3. The van der Waals surface area contributed by atoms with Crippen LogP contribution in [0.15, 0.2) is 48.5 Å². The fourth-order valence-electron chi connectivity index (χ4n) is 2.12. The highest BCUT2D eigenvalue weighted by Gasteiger charge is 2.17. The number of methoxy groups -OCH3 is 1. The molecule has 1 atom stereocenters. The van der Waals surface area contributed by atoms with E-state index in [1.54, 1.807) is 50.4 Å². The van der Waals surface area contributed by atoms with E-state index in [2.05, 4.69) is 15.5 Å². The number of anilines is 1. The van der Waals surface area contributed by atoms with E-state index in [9.17, 15) is 4.79 Å². The third kappa shape index (κ3) is 4.50. The van der Waals surface area contributed by atoms with Gasteiger partial charge < -0.3 is 9.47 Å². The average molecular weight is 390 g/mol. The molecule has 0 saturated heterocycles. The molecule has 2 aromatic carbocycles. The molecule has 0 bridgehead atoms. The van der Waals surface area contributed by atoms with E-state index >= 15 is 0 Å². The van der Waals surface area contributed by atoms with Crippen molar-refractivity contribution in [3.05, 3.63) is 53.6 Å². The SMILES string of the molecule is COc1cccc(O[C@@H](C)C(=O)Nc2nnc(-c3ccc(Cl)cc3)s2)c1. The van der Waals surface area contributed by atoms with Gasteiger partial charge in [-0.25, -0.2) is 0 Å². The Kier molecular flexibility index (Phi) is 5.70. The highest BCUT2D eigenvalue weighted by atomic mass is 35.5. The molecular weight excluding hydrogens is 374 g/mol. The van der Waals surface area contributed by atoms with Crippen LogP contribution >= 0.6 is 22.9 Å². The predicted molar refractivity (Wildman–Crippen MR) is 102 cm³/mol. The number of ether oxygens (including phenoxy) is 2. The van der Waals surface area contributed by atoms with Crippen LogP contribution in [0.1, 0.15) is 6.92 Å². The molecule has 0 aliphatic rings. The van der Waals surface area contributed by atoms with Crippen LogP contribution in [0.4, 0.5) is 5.13 Å². The number of benzene rings is 2. The van der Waals surface area contributed by atoms with E-state index in [0.717, 1.165) is 5.56 Å². The van der Waals surface area contributed by atoms with Gasteiger partial charge in [0, 0.05) is 16.7 Å². The van der Waals surface area contributed by atoms with Crippen LogP contribution in [0.2, 0.25) is 5.02 Å². The Morgan fingerprint density at radius 3 is 2.62 bits per heavy atom. The molecule has 0 spiro atoms. The fraction of sp³-hybridized carbons (Fsp3) is 0.167. The quantitative estimate of drug-likeness (QED) is 0.681. The second-order valence-corrected chi connectivity index (χ2v) is 6.76. The van der Waals surface area contributed by atoms with Gasteiger partial charge in [0.05, 0.1) is 7.11 Å². The number of aromatic nitrogens is 2. The molecule has 0 aliphatic carbocycles. The lowest BCUT2D eigenvalue weighted by Crippen LogP contribution is -2.30. The monoisotopic (exact) mass is 389 g/mol. The summed E-state index contributed by atoms with van der Waals surface area (Å²) >= 11 is 7.16. The molecule has 0 saturated carbocycles. The van der Waals surface area contributed by atoms with Crippen molar-refractivity contribution in [3.63, 3.8) is 0 Å². The third-order valence-electron chi connectivity index (χ3n) is 3.47. The van der Waals surface area contributed by atoms with Crippen LogP contribution in [0.3, 0.4) is 0 Å². The standard InChI is InChI=1S/C18H16ClN3O3S/c1-11(25-15-5-3-4-14(10-15)24-2)16(23)20-18-22-21-17(26-18)12-6-8-13(19)9-7-12/h3-11H,1-2H3,(H,20,22,23)/t11-/m0/s1. The molecular formula is C18H16ClN3O3S. The smallest absolute Gasteiger partial charge is 0.266 e. The molecule has 134 valence electrons. The molecule has 0 fully saturated rings. The lowest BCUT2D eigenvalue weighted by Gasteiger charge is -2.14. The summed E-state index contributed by atoms with van der Waals surface area (Å²) in [7, 11) is 1.57. The Morgan fingerprint density at radius 2 is 1.88 bits per heavy atom. The Balaban J connectivity index is 1.63. The minimum absolute atomic E-state index is 0.313. The van der Waals surface area contributed by atoms with Gasteiger partial charge in [0.1, 0.15) is 16.5 Å². The van der Waals surface area contributed by atoms with Crippen LogP contribution in [-0.4, -0.2) is 29.3 Å². The Morgan fingerprint density at radius 1 is 1.15 bits per heavy atom. The summed E-state index contributed by atoms with van der Waals surface area (Å²) in [6.07, 6.45) is -0.704. The number of rotatable bonds is 6. The summed E-state index contributed by atoms with van der Waals surface area (Å²) < 4.78 is 10.8. The number of amides is 1. The van der Waals surface area contributed by atoms with Crippen molar-refractivity contribution in [3.8, 4) is 22.1 Å². The number of hydrogen-bond acceptors (Lipinski definition) is 6. The van der Waals surface area contributed by atoms with Crippen LogP contribution in [0, 0.1) is 0 Å². The van der Waals surface area contributed by atoms with Gasteiger partial charge in [-0.2, -0.15) is 0 Å². The Hall–Kier alpha value is -2.64. The molecule has 6 nitrogen and oxygen atoms in total. The van der Waals surface area contributed by atoms with Crippen LogP contribution in [0.25, 0.3) is 10.6 Å². The van der Waals surface area contributed by atoms with Crippen LogP contribution in [0.5, 0.6) is 11.5 Å². The second-order valence-electron chi connectivity index (χ2n) is 5.35. The number of carbonyl (C=O) groups excluding carboxylic acids is 1. The maximum Gasteiger partial charge on any atom is 0.266 e. The zero-order valence-corrected chi connectivity index (χ0v) is 15.7. The van der Waals surface area contributed by atoms with Crippen molar-refractivity contribution >= 4 is 34.0 Å². The molecule has 0 unspecified atom stereocenters. The summed E-state index contributed by atoms with van der Waals surface area (Å²) in [6, 6.07) is 14.3. The molecule has 1 N–H and O–H groups in total. The van der Waals surface area contributed by atoms with Crippen molar-refractivity contribution in [2.75, 3.05) is 12.4 Å². The zero-order chi connectivity index (χ0) is 18.5. The summed E-state index contributed by atoms with van der Waals surface area (Å²) in [5.41, 5.74) is 0.882. The van der Waals surface area contributed by atoms with Gasteiger partial charge in [-0.1, -0.05) is 41.1 Å². The first-order chi connectivity index (χ1) is 12.5. The van der Waals surface area contributed by atoms with Gasteiger partial charge in [-0.05, 0) is 31.2 Å². The van der Waals surface area contributed by atoms with E-state index in [1.807, 2.05) is 12.1 Å². The van der Waals surface area contributed by atoms with Gasteiger partial charge in [-0.3, -0.25) is 10.1 Å². The lowest BCUT2D eigenvalue weighted by molar-refractivity contribution is -0.122. The maximum atomic E-state index is 12.3. The van der Waals surface area contributed by atoms with E-state index in [-0.39, 0.29) is 5.91 Å². The number of carbonyl (C=O) groups is 1. The normalized spacial score (nSPS) is 11.7. The predicted octanol–water partition coefficient (Wildman–Crippen LogP) is 4.27. The van der Waals surface area contributed by atoms with Crippen LogP contribution in [-0.2, 0) is 4.79 Å². The molecule has 26 heavy (non-hydrogen) atoms.